The predicted octanol–water partition coefficient (Wildman–Crippen LogP) is 0.670. The number of aryl methyl sites for hydroxylation is 1. The topological polar surface area (TPSA) is 71.7 Å². The van der Waals surface area contributed by atoms with Gasteiger partial charge < -0.3 is 14.2 Å². The summed E-state index contributed by atoms with van der Waals surface area (Å²) in [6, 6.07) is 0. The van der Waals surface area contributed by atoms with Crippen molar-refractivity contribution in [2.45, 2.75) is 32.1 Å². The molecule has 7 heteroatoms. The van der Waals surface area contributed by atoms with Gasteiger partial charge in [0.15, 0.2) is 5.82 Å². The Bertz CT molecular complexity index is 499. The summed E-state index contributed by atoms with van der Waals surface area (Å²) in [6.45, 7) is 7.86. The van der Waals surface area contributed by atoms with Crippen LogP contribution in [0.15, 0.2) is 4.52 Å². The van der Waals surface area contributed by atoms with Crippen LogP contribution in [0.5, 0.6) is 0 Å². The molecule has 0 aliphatic carbocycles. The lowest BCUT2D eigenvalue weighted by molar-refractivity contribution is -0.134. The van der Waals surface area contributed by atoms with E-state index < -0.39 is 0 Å². The van der Waals surface area contributed by atoms with Crippen LogP contribution in [0.3, 0.4) is 0 Å². The number of ether oxygens (including phenoxy) is 1. The van der Waals surface area contributed by atoms with Gasteiger partial charge in [0.1, 0.15) is 0 Å². The molecule has 3 rings (SSSR count). The molecule has 1 aromatic heterocycles. The van der Waals surface area contributed by atoms with Crippen LogP contribution in [0.25, 0.3) is 0 Å². The fourth-order valence-corrected chi connectivity index (χ4v) is 3.00. The van der Waals surface area contributed by atoms with Crippen LogP contribution in [0, 0.1) is 0 Å². The van der Waals surface area contributed by atoms with Crippen molar-refractivity contribution in [2.24, 2.45) is 0 Å². The van der Waals surface area contributed by atoms with E-state index in [0.29, 0.717) is 18.9 Å². The Morgan fingerprint density at radius 1 is 1.27 bits per heavy atom. The van der Waals surface area contributed by atoms with Crippen molar-refractivity contribution in [2.75, 3.05) is 45.9 Å². The summed E-state index contributed by atoms with van der Waals surface area (Å²) in [5.74, 6) is 1.84. The Hall–Kier alpha value is -1.47. The molecule has 2 saturated heterocycles. The van der Waals surface area contributed by atoms with Crippen LogP contribution in [-0.2, 0) is 16.0 Å². The SMILES string of the molecule is CCc1noc([C@@H]2CCC(=O)N(CCN3CCOCC3)C2)n1. The van der Waals surface area contributed by atoms with E-state index in [1.807, 2.05) is 11.8 Å². The minimum atomic E-state index is 0.176. The largest absolute Gasteiger partial charge is 0.379 e. The maximum absolute atomic E-state index is 12.1. The summed E-state index contributed by atoms with van der Waals surface area (Å²) in [7, 11) is 0. The second-order valence-electron chi connectivity index (χ2n) is 5.93. The first kappa shape index (κ1) is 15.4. The van der Waals surface area contributed by atoms with E-state index in [0.717, 1.165) is 58.1 Å². The molecule has 1 atom stereocenters. The van der Waals surface area contributed by atoms with Gasteiger partial charge in [-0.1, -0.05) is 12.1 Å². The van der Waals surface area contributed by atoms with Crippen LogP contribution in [0.2, 0.25) is 0 Å². The summed E-state index contributed by atoms with van der Waals surface area (Å²) in [5.41, 5.74) is 0. The highest BCUT2D eigenvalue weighted by molar-refractivity contribution is 5.77. The lowest BCUT2D eigenvalue weighted by Crippen LogP contribution is -2.45. The maximum Gasteiger partial charge on any atom is 0.231 e. The second-order valence-corrected chi connectivity index (χ2v) is 5.93. The number of hydrogen-bond acceptors (Lipinski definition) is 6. The summed E-state index contributed by atoms with van der Waals surface area (Å²) in [5, 5.41) is 3.96. The molecule has 2 aliphatic heterocycles. The van der Waals surface area contributed by atoms with Crippen LogP contribution >= 0.6 is 0 Å². The molecule has 0 aromatic carbocycles. The van der Waals surface area contributed by atoms with E-state index >= 15 is 0 Å². The quantitative estimate of drug-likeness (QED) is 0.796. The zero-order chi connectivity index (χ0) is 15.4. The van der Waals surface area contributed by atoms with Gasteiger partial charge in [0, 0.05) is 45.6 Å². The van der Waals surface area contributed by atoms with Gasteiger partial charge in [0.25, 0.3) is 0 Å². The molecule has 0 spiro atoms. The lowest BCUT2D eigenvalue weighted by Gasteiger charge is -2.34. The van der Waals surface area contributed by atoms with Crippen LogP contribution in [0.1, 0.15) is 37.4 Å². The first-order valence-corrected chi connectivity index (χ1v) is 8.16. The normalized spacial score (nSPS) is 24.0. The highest BCUT2D eigenvalue weighted by atomic mass is 16.5. The van der Waals surface area contributed by atoms with E-state index in [9.17, 15) is 4.79 Å². The third-order valence-corrected chi connectivity index (χ3v) is 4.44. The zero-order valence-corrected chi connectivity index (χ0v) is 13.2. The Labute approximate surface area is 130 Å². The van der Waals surface area contributed by atoms with Crippen molar-refractivity contribution < 1.29 is 14.1 Å². The molecule has 0 unspecified atom stereocenters. The van der Waals surface area contributed by atoms with Gasteiger partial charge >= 0.3 is 0 Å². The third kappa shape index (κ3) is 3.64. The molecule has 0 bridgehead atoms. The van der Waals surface area contributed by atoms with E-state index in [-0.39, 0.29) is 11.8 Å². The van der Waals surface area contributed by atoms with Crippen molar-refractivity contribution in [3.8, 4) is 0 Å². The fraction of sp³-hybridized carbons (Fsp3) is 0.800. The molecule has 3 heterocycles. The molecular formula is C15H24N4O3. The van der Waals surface area contributed by atoms with Crippen LogP contribution in [0.4, 0.5) is 0 Å². The van der Waals surface area contributed by atoms with Crippen molar-refractivity contribution >= 4 is 5.91 Å². The van der Waals surface area contributed by atoms with E-state index in [4.69, 9.17) is 9.26 Å². The van der Waals surface area contributed by atoms with E-state index in [2.05, 4.69) is 15.0 Å². The van der Waals surface area contributed by atoms with Gasteiger partial charge in [0.05, 0.1) is 19.1 Å². The van der Waals surface area contributed by atoms with E-state index in [1.165, 1.54) is 0 Å². The number of nitrogens with zero attached hydrogens (tertiary/aromatic N) is 4. The van der Waals surface area contributed by atoms with Gasteiger partial charge in [-0.25, -0.2) is 0 Å². The minimum absolute atomic E-state index is 0.176. The first-order valence-electron chi connectivity index (χ1n) is 8.16. The molecule has 122 valence electrons. The summed E-state index contributed by atoms with van der Waals surface area (Å²) in [6.07, 6.45) is 2.14. The first-order chi connectivity index (χ1) is 10.8. The predicted molar refractivity (Wildman–Crippen MR) is 79.5 cm³/mol. The molecule has 2 aliphatic rings. The average Bonchev–Trinajstić information content (AvgIpc) is 3.04. The molecule has 22 heavy (non-hydrogen) atoms. The van der Waals surface area contributed by atoms with Crippen LogP contribution in [-0.4, -0.2) is 71.8 Å². The number of morpholine rings is 1. The Kier molecular flexibility index (Phi) is 5.04. The molecule has 2 fully saturated rings. The number of aromatic nitrogens is 2. The van der Waals surface area contributed by atoms with Crippen molar-refractivity contribution in [3.05, 3.63) is 11.7 Å². The van der Waals surface area contributed by atoms with Gasteiger partial charge in [-0.05, 0) is 6.42 Å². The number of likely N-dealkylation sites (tertiary alicyclic amines) is 1. The van der Waals surface area contributed by atoms with Crippen molar-refractivity contribution in [1.29, 1.82) is 0 Å². The second kappa shape index (κ2) is 7.19. The number of rotatable bonds is 5. The Morgan fingerprint density at radius 3 is 2.82 bits per heavy atom. The number of hydrogen-bond donors (Lipinski definition) is 0. The highest BCUT2D eigenvalue weighted by Gasteiger charge is 2.30. The summed E-state index contributed by atoms with van der Waals surface area (Å²) in [4.78, 5) is 20.8. The smallest absolute Gasteiger partial charge is 0.231 e. The number of amides is 1. The fourth-order valence-electron chi connectivity index (χ4n) is 3.00. The summed E-state index contributed by atoms with van der Waals surface area (Å²) >= 11 is 0. The molecule has 1 aromatic rings. The molecule has 1 amide bonds. The van der Waals surface area contributed by atoms with Gasteiger partial charge in [0.2, 0.25) is 11.8 Å². The van der Waals surface area contributed by atoms with E-state index in [1.54, 1.807) is 0 Å². The molecule has 7 nitrogen and oxygen atoms in total. The molecular weight excluding hydrogens is 284 g/mol. The minimum Gasteiger partial charge on any atom is -0.379 e. The molecule has 0 saturated carbocycles. The van der Waals surface area contributed by atoms with Gasteiger partial charge in [-0.2, -0.15) is 4.98 Å². The molecule has 0 radical (unpaired) electrons. The third-order valence-electron chi connectivity index (χ3n) is 4.44. The Balaban J connectivity index is 1.54. The standard InChI is InChI=1S/C15H24N4O3/c1-2-13-16-15(22-17-13)12-3-4-14(20)19(11-12)6-5-18-7-9-21-10-8-18/h12H,2-11H2,1H3/t12-/m1/s1. The molecule has 0 N–H and O–H groups in total. The van der Waals surface area contributed by atoms with Crippen molar-refractivity contribution in [1.82, 2.24) is 19.9 Å². The monoisotopic (exact) mass is 308 g/mol. The van der Waals surface area contributed by atoms with Crippen LogP contribution < -0.4 is 0 Å². The Morgan fingerprint density at radius 2 is 2.09 bits per heavy atom. The highest BCUT2D eigenvalue weighted by Crippen LogP contribution is 2.26. The summed E-state index contributed by atoms with van der Waals surface area (Å²) < 4.78 is 10.7. The van der Waals surface area contributed by atoms with Gasteiger partial charge in [-0.3, -0.25) is 9.69 Å². The maximum atomic E-state index is 12.1. The number of piperidine rings is 1. The lowest BCUT2D eigenvalue weighted by atomic mass is 9.97. The average molecular weight is 308 g/mol. The number of carbonyl (C=O) groups excluding carboxylic acids is 1. The zero-order valence-electron chi connectivity index (χ0n) is 13.2. The number of carbonyl (C=O) groups is 1. The van der Waals surface area contributed by atoms with Gasteiger partial charge in [-0.15, -0.1) is 0 Å². The van der Waals surface area contributed by atoms with Crippen molar-refractivity contribution in [3.63, 3.8) is 0 Å².